The van der Waals surface area contributed by atoms with Gasteiger partial charge in [0.25, 0.3) is 0 Å². The van der Waals surface area contributed by atoms with E-state index >= 15 is 0 Å². The van der Waals surface area contributed by atoms with Gasteiger partial charge in [0.2, 0.25) is 0 Å². The number of nitrogens with zero attached hydrogens (tertiary/aromatic N) is 4. The number of rotatable bonds is 6. The van der Waals surface area contributed by atoms with Crippen LogP contribution in [0.4, 0.5) is 5.00 Å². The lowest BCUT2D eigenvalue weighted by Crippen LogP contribution is -2.48. The van der Waals surface area contributed by atoms with Gasteiger partial charge in [-0.25, -0.2) is 4.98 Å². The molecule has 0 radical (unpaired) electrons. The maximum Gasteiger partial charge on any atom is 0.191 e. The van der Waals surface area contributed by atoms with E-state index in [0.717, 1.165) is 51.5 Å². The third kappa shape index (κ3) is 4.74. The first-order valence-corrected chi connectivity index (χ1v) is 9.52. The number of hydrogen-bond acceptors (Lipinski definition) is 4. The Labute approximate surface area is 147 Å². The molecule has 3 rings (SSSR count). The first-order valence-electron chi connectivity index (χ1n) is 8.64. The lowest BCUT2D eigenvalue weighted by Gasteiger charge is -2.33. The highest BCUT2D eigenvalue weighted by molar-refractivity contribution is 7.14. The molecule has 130 valence electrons. The molecular weight excluding hydrogens is 320 g/mol. The number of aliphatic imine (C=N–C) groups is 1. The molecule has 6 nitrogen and oxygen atoms in total. The minimum atomic E-state index is 0.493. The molecule has 0 spiro atoms. The minimum absolute atomic E-state index is 0.493. The highest BCUT2D eigenvalue weighted by Gasteiger charge is 2.20. The van der Waals surface area contributed by atoms with Crippen molar-refractivity contribution in [2.24, 2.45) is 4.99 Å². The fourth-order valence-corrected chi connectivity index (χ4v) is 3.69. The standard InChI is InChI=1S/C17H26N6S/c1-2-19-17(20-8-12-22-11-7-18-14-22)21-15-5-9-23(10-6-15)16-4-3-13-24-16/h3-4,7,11,13-15H,2,5-6,8-10,12H2,1H3,(H2,19,20,21). The van der Waals surface area contributed by atoms with Crippen molar-refractivity contribution in [1.29, 1.82) is 0 Å². The molecule has 0 aliphatic carbocycles. The fourth-order valence-electron chi connectivity index (χ4n) is 2.90. The average Bonchev–Trinajstić information content (AvgIpc) is 3.29. The lowest BCUT2D eigenvalue weighted by atomic mass is 10.1. The summed E-state index contributed by atoms with van der Waals surface area (Å²) in [7, 11) is 0. The van der Waals surface area contributed by atoms with E-state index in [1.807, 2.05) is 28.4 Å². The molecule has 0 aromatic carbocycles. The maximum absolute atomic E-state index is 4.69. The van der Waals surface area contributed by atoms with Crippen molar-refractivity contribution in [2.45, 2.75) is 32.4 Å². The second-order valence-corrected chi connectivity index (χ2v) is 6.84. The zero-order chi connectivity index (χ0) is 16.6. The predicted octanol–water partition coefficient (Wildman–Crippen LogP) is 2.17. The number of nitrogens with one attached hydrogen (secondary N) is 2. The van der Waals surface area contributed by atoms with Crippen LogP contribution in [0.2, 0.25) is 0 Å². The molecule has 0 bridgehead atoms. The molecule has 2 aromatic heterocycles. The summed E-state index contributed by atoms with van der Waals surface area (Å²) in [6.07, 6.45) is 7.88. The Kier molecular flexibility index (Phi) is 6.12. The Hall–Kier alpha value is -2.02. The van der Waals surface area contributed by atoms with Crippen molar-refractivity contribution in [3.05, 3.63) is 36.2 Å². The molecule has 0 saturated carbocycles. The van der Waals surface area contributed by atoms with Gasteiger partial charge < -0.3 is 20.1 Å². The molecule has 0 unspecified atom stereocenters. The van der Waals surface area contributed by atoms with Gasteiger partial charge in [-0.3, -0.25) is 4.99 Å². The SMILES string of the molecule is CCNC(=NCCn1ccnc1)NC1CCN(c2cccs2)CC1. The van der Waals surface area contributed by atoms with Crippen LogP contribution in [0.1, 0.15) is 19.8 Å². The van der Waals surface area contributed by atoms with Gasteiger partial charge >= 0.3 is 0 Å². The van der Waals surface area contributed by atoms with E-state index in [1.54, 1.807) is 6.20 Å². The Balaban J connectivity index is 1.47. The maximum atomic E-state index is 4.69. The van der Waals surface area contributed by atoms with E-state index in [2.05, 4.69) is 49.9 Å². The van der Waals surface area contributed by atoms with E-state index in [9.17, 15) is 0 Å². The minimum Gasteiger partial charge on any atom is -0.363 e. The topological polar surface area (TPSA) is 57.5 Å². The Morgan fingerprint density at radius 1 is 1.42 bits per heavy atom. The zero-order valence-electron chi connectivity index (χ0n) is 14.2. The third-order valence-corrected chi connectivity index (χ3v) is 5.11. The van der Waals surface area contributed by atoms with Crippen molar-refractivity contribution >= 4 is 22.3 Å². The Morgan fingerprint density at radius 3 is 2.96 bits per heavy atom. The van der Waals surface area contributed by atoms with Crippen molar-refractivity contribution in [2.75, 3.05) is 31.1 Å². The molecule has 3 heterocycles. The number of anilines is 1. The largest absolute Gasteiger partial charge is 0.363 e. The monoisotopic (exact) mass is 346 g/mol. The first-order chi connectivity index (χ1) is 11.8. The molecule has 24 heavy (non-hydrogen) atoms. The van der Waals surface area contributed by atoms with Gasteiger partial charge in [0.1, 0.15) is 0 Å². The third-order valence-electron chi connectivity index (χ3n) is 4.19. The van der Waals surface area contributed by atoms with Gasteiger partial charge in [-0.2, -0.15) is 0 Å². The summed E-state index contributed by atoms with van der Waals surface area (Å²) in [5, 5.41) is 10.5. The van der Waals surface area contributed by atoms with E-state index in [4.69, 9.17) is 0 Å². The van der Waals surface area contributed by atoms with Crippen LogP contribution in [0, 0.1) is 0 Å². The lowest BCUT2D eigenvalue weighted by molar-refractivity contribution is 0.462. The molecule has 0 amide bonds. The number of hydrogen-bond donors (Lipinski definition) is 2. The molecule has 1 aliphatic heterocycles. The van der Waals surface area contributed by atoms with Crippen LogP contribution in [-0.4, -0.2) is 47.7 Å². The van der Waals surface area contributed by atoms with Gasteiger partial charge in [0, 0.05) is 44.6 Å². The van der Waals surface area contributed by atoms with Gasteiger partial charge in [-0.15, -0.1) is 11.3 Å². The Morgan fingerprint density at radius 2 is 2.29 bits per heavy atom. The van der Waals surface area contributed by atoms with Crippen LogP contribution >= 0.6 is 11.3 Å². The van der Waals surface area contributed by atoms with Crippen molar-refractivity contribution in [1.82, 2.24) is 20.2 Å². The van der Waals surface area contributed by atoms with Crippen LogP contribution in [0.3, 0.4) is 0 Å². The van der Waals surface area contributed by atoms with Gasteiger partial charge in [0.15, 0.2) is 5.96 Å². The van der Waals surface area contributed by atoms with Crippen LogP contribution in [0.5, 0.6) is 0 Å². The number of aromatic nitrogens is 2. The summed E-state index contributed by atoms with van der Waals surface area (Å²) < 4.78 is 2.05. The molecule has 1 saturated heterocycles. The summed E-state index contributed by atoms with van der Waals surface area (Å²) in [4.78, 5) is 11.2. The zero-order valence-corrected chi connectivity index (χ0v) is 15.0. The highest BCUT2D eigenvalue weighted by Crippen LogP contribution is 2.24. The predicted molar refractivity (Wildman–Crippen MR) is 101 cm³/mol. The number of imidazole rings is 1. The molecule has 1 fully saturated rings. The summed E-state index contributed by atoms with van der Waals surface area (Å²) in [5.41, 5.74) is 0. The van der Waals surface area contributed by atoms with Crippen molar-refractivity contribution < 1.29 is 0 Å². The van der Waals surface area contributed by atoms with E-state index in [-0.39, 0.29) is 0 Å². The summed E-state index contributed by atoms with van der Waals surface area (Å²) >= 11 is 1.82. The second-order valence-electron chi connectivity index (χ2n) is 5.92. The average molecular weight is 347 g/mol. The van der Waals surface area contributed by atoms with E-state index in [1.165, 1.54) is 5.00 Å². The normalized spacial score (nSPS) is 16.4. The molecule has 2 aromatic rings. The smallest absolute Gasteiger partial charge is 0.191 e. The first kappa shape index (κ1) is 16.8. The molecule has 1 aliphatic rings. The van der Waals surface area contributed by atoms with Gasteiger partial charge in [-0.05, 0) is 37.3 Å². The van der Waals surface area contributed by atoms with E-state index in [0.29, 0.717) is 6.04 Å². The fraction of sp³-hybridized carbons (Fsp3) is 0.529. The highest BCUT2D eigenvalue weighted by atomic mass is 32.1. The van der Waals surface area contributed by atoms with Gasteiger partial charge in [-0.1, -0.05) is 0 Å². The number of guanidine groups is 1. The molecular formula is C17H26N6S. The molecule has 2 N–H and O–H groups in total. The summed E-state index contributed by atoms with van der Waals surface area (Å²) in [5.74, 6) is 0.923. The van der Waals surface area contributed by atoms with Crippen LogP contribution in [-0.2, 0) is 6.54 Å². The van der Waals surface area contributed by atoms with E-state index < -0.39 is 0 Å². The Bertz CT molecular complexity index is 599. The van der Waals surface area contributed by atoms with Crippen LogP contribution in [0.15, 0.2) is 41.2 Å². The number of thiophene rings is 1. The van der Waals surface area contributed by atoms with Crippen molar-refractivity contribution in [3.63, 3.8) is 0 Å². The van der Waals surface area contributed by atoms with Crippen molar-refractivity contribution in [3.8, 4) is 0 Å². The number of piperidine rings is 1. The molecule has 7 heteroatoms. The summed E-state index contributed by atoms with van der Waals surface area (Å²) in [6, 6.07) is 4.83. The van der Waals surface area contributed by atoms with Crippen LogP contribution < -0.4 is 15.5 Å². The second kappa shape index (κ2) is 8.73. The van der Waals surface area contributed by atoms with Crippen LogP contribution in [0.25, 0.3) is 0 Å². The summed E-state index contributed by atoms with van der Waals surface area (Å²) in [6.45, 7) is 6.80. The van der Waals surface area contributed by atoms with Gasteiger partial charge in [0.05, 0.1) is 17.9 Å². The quantitative estimate of drug-likeness (QED) is 0.622. The molecule has 0 atom stereocenters.